The Morgan fingerprint density at radius 2 is 1.50 bits per heavy atom. The topological polar surface area (TPSA) is 86.8 Å². The van der Waals surface area contributed by atoms with Crippen LogP contribution in [0.3, 0.4) is 0 Å². The second kappa shape index (κ2) is 11.8. The van der Waals surface area contributed by atoms with Crippen molar-refractivity contribution in [3.05, 3.63) is 95.8 Å². The van der Waals surface area contributed by atoms with E-state index in [4.69, 9.17) is 0 Å². The summed E-state index contributed by atoms with van der Waals surface area (Å²) in [6.07, 6.45) is 0. The van der Waals surface area contributed by atoms with Crippen LogP contribution in [0.4, 0.5) is 10.1 Å². The van der Waals surface area contributed by atoms with Crippen molar-refractivity contribution < 1.29 is 22.4 Å². The summed E-state index contributed by atoms with van der Waals surface area (Å²) in [7, 11) is -4.11. The maximum atomic E-state index is 13.8. The molecule has 1 N–H and O–H groups in total. The predicted octanol–water partition coefficient (Wildman–Crippen LogP) is 4.66. The van der Waals surface area contributed by atoms with Gasteiger partial charge in [0.15, 0.2) is 0 Å². The lowest BCUT2D eigenvalue weighted by atomic mass is 10.1. The number of rotatable bonds is 9. The molecule has 1 atom stereocenters. The zero-order valence-electron chi connectivity index (χ0n) is 22.3. The Morgan fingerprint density at radius 3 is 2.05 bits per heavy atom. The first kappa shape index (κ1) is 28.8. The van der Waals surface area contributed by atoms with Gasteiger partial charge in [0.1, 0.15) is 18.4 Å². The van der Waals surface area contributed by atoms with Gasteiger partial charge in [-0.3, -0.25) is 13.9 Å². The van der Waals surface area contributed by atoms with Gasteiger partial charge in [0, 0.05) is 12.1 Å². The number of aryl methyl sites for hydroxylation is 1. The Kier molecular flexibility index (Phi) is 8.93. The largest absolute Gasteiger partial charge is 0.350 e. The first-order chi connectivity index (χ1) is 17.8. The van der Waals surface area contributed by atoms with E-state index in [1.54, 1.807) is 49.4 Å². The number of nitrogens with one attached hydrogen (secondary N) is 1. The number of hydrogen-bond acceptors (Lipinski definition) is 4. The molecule has 7 nitrogen and oxygen atoms in total. The van der Waals surface area contributed by atoms with Gasteiger partial charge in [0.2, 0.25) is 11.8 Å². The maximum absolute atomic E-state index is 13.8. The molecular weight excluding hydrogens is 505 g/mol. The highest BCUT2D eigenvalue weighted by Gasteiger charge is 2.33. The summed E-state index contributed by atoms with van der Waals surface area (Å²) >= 11 is 0. The monoisotopic (exact) mass is 539 g/mol. The van der Waals surface area contributed by atoms with Crippen molar-refractivity contribution in [3.63, 3.8) is 0 Å². The molecule has 9 heteroatoms. The molecule has 202 valence electrons. The van der Waals surface area contributed by atoms with E-state index in [1.807, 2.05) is 27.7 Å². The summed E-state index contributed by atoms with van der Waals surface area (Å²) in [5, 5.41) is 2.87. The second-order valence-electron chi connectivity index (χ2n) is 10.2. The summed E-state index contributed by atoms with van der Waals surface area (Å²) in [6.45, 7) is 8.41. The van der Waals surface area contributed by atoms with Crippen LogP contribution in [0.15, 0.2) is 83.8 Å². The highest BCUT2D eigenvalue weighted by Crippen LogP contribution is 2.25. The molecule has 0 aromatic heterocycles. The van der Waals surface area contributed by atoms with Crippen LogP contribution in [0.2, 0.25) is 0 Å². The van der Waals surface area contributed by atoms with E-state index in [0.29, 0.717) is 11.3 Å². The number of amides is 2. The molecule has 3 rings (SSSR count). The van der Waals surface area contributed by atoms with Crippen LogP contribution in [-0.4, -0.2) is 43.3 Å². The van der Waals surface area contributed by atoms with Crippen LogP contribution in [0.5, 0.6) is 0 Å². The molecule has 0 heterocycles. The number of sulfonamides is 1. The van der Waals surface area contributed by atoms with Crippen molar-refractivity contribution in [1.29, 1.82) is 0 Å². The van der Waals surface area contributed by atoms with Crippen LogP contribution in [0.25, 0.3) is 0 Å². The van der Waals surface area contributed by atoms with Crippen molar-refractivity contribution in [3.8, 4) is 0 Å². The maximum Gasteiger partial charge on any atom is 0.264 e. The zero-order chi connectivity index (χ0) is 28.1. The third kappa shape index (κ3) is 7.41. The fourth-order valence-corrected chi connectivity index (χ4v) is 5.24. The summed E-state index contributed by atoms with van der Waals surface area (Å²) in [4.78, 5) is 28.2. The third-order valence-electron chi connectivity index (χ3n) is 5.86. The Balaban J connectivity index is 2.01. The summed E-state index contributed by atoms with van der Waals surface area (Å²) in [5.74, 6) is -1.39. The Bertz CT molecular complexity index is 1350. The first-order valence-corrected chi connectivity index (χ1v) is 13.7. The van der Waals surface area contributed by atoms with Crippen LogP contribution in [0, 0.1) is 12.7 Å². The van der Waals surface area contributed by atoms with Crippen molar-refractivity contribution in [2.24, 2.45) is 0 Å². The molecule has 0 spiro atoms. The Labute approximate surface area is 224 Å². The lowest BCUT2D eigenvalue weighted by Gasteiger charge is -2.33. The summed E-state index contributed by atoms with van der Waals surface area (Å²) < 4.78 is 42.0. The van der Waals surface area contributed by atoms with Gasteiger partial charge in [-0.25, -0.2) is 12.8 Å². The van der Waals surface area contributed by atoms with Crippen LogP contribution in [0.1, 0.15) is 38.8 Å². The third-order valence-corrected chi connectivity index (χ3v) is 7.65. The first-order valence-electron chi connectivity index (χ1n) is 12.3. The zero-order valence-corrected chi connectivity index (χ0v) is 23.1. The SMILES string of the molecule is Cc1ccc(N(CC(=O)N(Cc2ccc(F)cc2)[C@@H](C)C(=O)NC(C)(C)C)S(=O)(=O)c2ccccc2)cc1. The minimum Gasteiger partial charge on any atom is -0.350 e. The molecule has 0 aliphatic carbocycles. The van der Waals surface area contributed by atoms with E-state index in [1.165, 1.54) is 41.3 Å². The van der Waals surface area contributed by atoms with Gasteiger partial charge in [-0.05, 0) is 76.6 Å². The van der Waals surface area contributed by atoms with Gasteiger partial charge in [0.25, 0.3) is 10.0 Å². The molecule has 2 amide bonds. The van der Waals surface area contributed by atoms with Crippen LogP contribution < -0.4 is 9.62 Å². The summed E-state index contributed by atoms with van der Waals surface area (Å²) in [6, 6.07) is 19.4. The fourth-order valence-electron chi connectivity index (χ4n) is 3.80. The molecular formula is C29H34FN3O4S. The highest BCUT2D eigenvalue weighted by atomic mass is 32.2. The number of anilines is 1. The van der Waals surface area contributed by atoms with Gasteiger partial charge >= 0.3 is 0 Å². The molecule has 0 unspecified atom stereocenters. The number of carbonyl (C=O) groups excluding carboxylic acids is 2. The van der Waals surface area contributed by atoms with E-state index in [2.05, 4.69) is 5.32 Å². The van der Waals surface area contributed by atoms with Gasteiger partial charge < -0.3 is 10.2 Å². The normalized spacial score (nSPS) is 12.5. The van der Waals surface area contributed by atoms with Gasteiger partial charge in [-0.2, -0.15) is 0 Å². The lowest BCUT2D eigenvalue weighted by molar-refractivity contribution is -0.140. The van der Waals surface area contributed by atoms with Crippen molar-refractivity contribution >= 4 is 27.5 Å². The lowest BCUT2D eigenvalue weighted by Crippen LogP contribution is -2.54. The quantitative estimate of drug-likeness (QED) is 0.429. The van der Waals surface area contributed by atoms with E-state index in [9.17, 15) is 22.4 Å². The highest BCUT2D eigenvalue weighted by molar-refractivity contribution is 7.92. The van der Waals surface area contributed by atoms with Gasteiger partial charge in [-0.15, -0.1) is 0 Å². The molecule has 0 radical (unpaired) electrons. The van der Waals surface area contributed by atoms with Gasteiger partial charge in [-0.1, -0.05) is 48.0 Å². The smallest absolute Gasteiger partial charge is 0.264 e. The van der Waals surface area contributed by atoms with E-state index < -0.39 is 39.9 Å². The van der Waals surface area contributed by atoms with Gasteiger partial charge in [0.05, 0.1) is 10.6 Å². The Hall–Kier alpha value is -3.72. The number of halogens is 1. The predicted molar refractivity (Wildman–Crippen MR) is 146 cm³/mol. The standard InChI is InChI=1S/C29H34FN3O4S/c1-21-11-17-25(18-12-21)33(38(36,37)26-9-7-6-8-10-26)20-27(34)32(19-23-13-15-24(30)16-14-23)22(2)28(35)31-29(3,4)5/h6-18,22H,19-20H2,1-5H3,(H,31,35)/t22-/m0/s1. The molecule has 0 fully saturated rings. The molecule has 38 heavy (non-hydrogen) atoms. The van der Waals surface area contributed by atoms with Crippen molar-refractivity contribution in [1.82, 2.24) is 10.2 Å². The second-order valence-corrected chi connectivity index (χ2v) is 12.1. The number of benzene rings is 3. The average molecular weight is 540 g/mol. The van der Waals surface area contributed by atoms with Crippen molar-refractivity contribution in [2.75, 3.05) is 10.8 Å². The van der Waals surface area contributed by atoms with Crippen LogP contribution in [-0.2, 0) is 26.2 Å². The molecule has 3 aromatic rings. The molecule has 3 aromatic carbocycles. The van der Waals surface area contributed by atoms with E-state index >= 15 is 0 Å². The van der Waals surface area contributed by atoms with Crippen molar-refractivity contribution in [2.45, 2.75) is 57.6 Å². The minimum atomic E-state index is -4.11. The molecule has 0 saturated carbocycles. The number of nitrogens with zero attached hydrogens (tertiary/aromatic N) is 2. The average Bonchev–Trinajstić information content (AvgIpc) is 2.86. The molecule has 0 saturated heterocycles. The minimum absolute atomic E-state index is 0.00896. The molecule has 0 aliphatic rings. The number of hydrogen-bond donors (Lipinski definition) is 1. The molecule has 0 aliphatic heterocycles. The number of carbonyl (C=O) groups is 2. The van der Waals surface area contributed by atoms with Crippen LogP contribution >= 0.6 is 0 Å². The summed E-state index contributed by atoms with van der Waals surface area (Å²) in [5.41, 5.74) is 1.31. The Morgan fingerprint density at radius 1 is 0.921 bits per heavy atom. The fraction of sp³-hybridized carbons (Fsp3) is 0.310. The van der Waals surface area contributed by atoms with E-state index in [-0.39, 0.29) is 17.3 Å². The molecule has 0 bridgehead atoms. The van der Waals surface area contributed by atoms with E-state index in [0.717, 1.165) is 9.87 Å².